The van der Waals surface area contributed by atoms with Gasteiger partial charge < -0.3 is 10.2 Å². The lowest BCUT2D eigenvalue weighted by Gasteiger charge is -2.19. The van der Waals surface area contributed by atoms with Crippen LogP contribution < -0.4 is 5.32 Å². The van der Waals surface area contributed by atoms with Crippen LogP contribution in [0, 0.1) is 6.92 Å². The molecule has 2 aromatic heterocycles. The Labute approximate surface area is 167 Å². The summed E-state index contributed by atoms with van der Waals surface area (Å²) in [6, 6.07) is 11.6. The van der Waals surface area contributed by atoms with Crippen LogP contribution in [0.3, 0.4) is 0 Å². The molecule has 28 heavy (non-hydrogen) atoms. The molecule has 146 valence electrons. The molecule has 0 spiro atoms. The number of thiophene rings is 1. The summed E-state index contributed by atoms with van der Waals surface area (Å²) >= 11 is 1.58. The number of aryl methyl sites for hydroxylation is 1. The number of hydrogen-bond acceptors (Lipinski definition) is 6. The Morgan fingerprint density at radius 2 is 2.04 bits per heavy atom. The smallest absolute Gasteiger partial charge is 0.246 e. The Hall–Kier alpha value is -3.07. The van der Waals surface area contributed by atoms with Crippen molar-refractivity contribution >= 4 is 23.2 Å². The Kier molecular flexibility index (Phi) is 6.49. The van der Waals surface area contributed by atoms with E-state index in [1.807, 2.05) is 55.6 Å². The number of aromatic nitrogens is 4. The van der Waals surface area contributed by atoms with E-state index >= 15 is 0 Å². The number of rotatable bonds is 8. The molecular weight excluding hydrogens is 376 g/mol. The van der Waals surface area contributed by atoms with E-state index < -0.39 is 0 Å². The number of benzene rings is 1. The number of carbonyl (C=O) groups is 2. The SMILES string of the molecule is CCN(CC(=O)NCc1cccs1)C(=O)Cn1nnc(-c2ccccc2C)n1. The van der Waals surface area contributed by atoms with E-state index in [0.717, 1.165) is 16.0 Å². The number of hydrogen-bond donors (Lipinski definition) is 1. The molecule has 0 saturated heterocycles. The molecule has 0 aliphatic heterocycles. The average molecular weight is 398 g/mol. The van der Waals surface area contributed by atoms with E-state index in [1.165, 1.54) is 9.70 Å². The van der Waals surface area contributed by atoms with Gasteiger partial charge in [0.1, 0.15) is 6.54 Å². The first kappa shape index (κ1) is 19.7. The van der Waals surface area contributed by atoms with Crippen molar-refractivity contribution < 1.29 is 9.59 Å². The van der Waals surface area contributed by atoms with Gasteiger partial charge in [-0.25, -0.2) is 0 Å². The molecule has 0 radical (unpaired) electrons. The molecule has 0 fully saturated rings. The maximum atomic E-state index is 12.5. The number of nitrogens with zero attached hydrogens (tertiary/aromatic N) is 5. The van der Waals surface area contributed by atoms with Crippen molar-refractivity contribution in [3.05, 3.63) is 52.2 Å². The Balaban J connectivity index is 1.56. The van der Waals surface area contributed by atoms with Gasteiger partial charge in [0.25, 0.3) is 0 Å². The summed E-state index contributed by atoms with van der Waals surface area (Å²) in [6.07, 6.45) is 0. The predicted molar refractivity (Wildman–Crippen MR) is 106 cm³/mol. The van der Waals surface area contributed by atoms with Crippen LogP contribution in [0.15, 0.2) is 41.8 Å². The van der Waals surface area contributed by atoms with Gasteiger partial charge in [-0.05, 0) is 36.1 Å². The van der Waals surface area contributed by atoms with Crippen molar-refractivity contribution in [3.63, 3.8) is 0 Å². The maximum Gasteiger partial charge on any atom is 0.246 e. The Morgan fingerprint density at radius 1 is 1.21 bits per heavy atom. The van der Waals surface area contributed by atoms with E-state index in [4.69, 9.17) is 0 Å². The summed E-state index contributed by atoms with van der Waals surface area (Å²) in [5.74, 6) is 0.0425. The lowest BCUT2D eigenvalue weighted by molar-refractivity contribution is -0.136. The van der Waals surface area contributed by atoms with Crippen LogP contribution in [0.1, 0.15) is 17.4 Å². The van der Waals surface area contributed by atoms with Crippen LogP contribution in [-0.4, -0.2) is 50.0 Å². The molecule has 0 atom stereocenters. The summed E-state index contributed by atoms with van der Waals surface area (Å²) in [5, 5.41) is 17.1. The van der Waals surface area contributed by atoms with Crippen molar-refractivity contribution in [2.24, 2.45) is 0 Å². The predicted octanol–water partition coefficient (Wildman–Crippen LogP) is 1.87. The molecule has 1 aromatic carbocycles. The third-order valence-electron chi connectivity index (χ3n) is 4.22. The van der Waals surface area contributed by atoms with Gasteiger partial charge in [-0.15, -0.1) is 21.5 Å². The fraction of sp³-hybridized carbons (Fsp3) is 0.316. The number of likely N-dealkylation sites (N-methyl/N-ethyl adjacent to an activating group) is 1. The maximum absolute atomic E-state index is 12.5. The lowest BCUT2D eigenvalue weighted by atomic mass is 10.1. The summed E-state index contributed by atoms with van der Waals surface area (Å²) < 4.78 is 0. The molecule has 0 saturated carbocycles. The quantitative estimate of drug-likeness (QED) is 0.625. The molecule has 3 aromatic rings. The number of carbonyl (C=O) groups excluding carboxylic acids is 2. The molecule has 9 heteroatoms. The topological polar surface area (TPSA) is 93.0 Å². The van der Waals surface area contributed by atoms with E-state index in [0.29, 0.717) is 18.9 Å². The van der Waals surface area contributed by atoms with Crippen molar-refractivity contribution in [2.75, 3.05) is 13.1 Å². The second-order valence-corrected chi connectivity index (χ2v) is 7.25. The minimum Gasteiger partial charge on any atom is -0.350 e. The minimum atomic E-state index is -0.234. The van der Waals surface area contributed by atoms with Crippen LogP contribution in [0.25, 0.3) is 11.4 Å². The zero-order chi connectivity index (χ0) is 19.9. The molecule has 0 unspecified atom stereocenters. The summed E-state index contributed by atoms with van der Waals surface area (Å²) in [4.78, 5) is 28.5. The zero-order valence-corrected chi connectivity index (χ0v) is 16.6. The number of tetrazole rings is 1. The third-order valence-corrected chi connectivity index (χ3v) is 5.10. The molecular formula is C19H22N6O2S. The summed E-state index contributed by atoms with van der Waals surface area (Å²) in [7, 11) is 0. The van der Waals surface area contributed by atoms with Gasteiger partial charge in [0.15, 0.2) is 0 Å². The monoisotopic (exact) mass is 398 g/mol. The van der Waals surface area contributed by atoms with Crippen LogP contribution in [0.5, 0.6) is 0 Å². The van der Waals surface area contributed by atoms with Crippen LogP contribution in [0.2, 0.25) is 0 Å². The largest absolute Gasteiger partial charge is 0.350 e. The highest BCUT2D eigenvalue weighted by molar-refractivity contribution is 7.09. The number of amides is 2. The first-order valence-electron chi connectivity index (χ1n) is 8.97. The van der Waals surface area contributed by atoms with Gasteiger partial charge in [-0.3, -0.25) is 9.59 Å². The Morgan fingerprint density at radius 3 is 2.75 bits per heavy atom. The molecule has 0 bridgehead atoms. The normalized spacial score (nSPS) is 10.6. The van der Waals surface area contributed by atoms with Gasteiger partial charge in [0.2, 0.25) is 17.6 Å². The molecule has 0 aliphatic rings. The van der Waals surface area contributed by atoms with Gasteiger partial charge in [-0.1, -0.05) is 30.3 Å². The fourth-order valence-corrected chi connectivity index (χ4v) is 3.31. The highest BCUT2D eigenvalue weighted by atomic mass is 32.1. The van der Waals surface area contributed by atoms with Crippen molar-refractivity contribution in [1.82, 2.24) is 30.4 Å². The molecule has 2 amide bonds. The fourth-order valence-electron chi connectivity index (χ4n) is 2.67. The van der Waals surface area contributed by atoms with Crippen molar-refractivity contribution in [1.29, 1.82) is 0 Å². The zero-order valence-electron chi connectivity index (χ0n) is 15.8. The second-order valence-electron chi connectivity index (χ2n) is 6.22. The van der Waals surface area contributed by atoms with Gasteiger partial charge in [-0.2, -0.15) is 4.80 Å². The van der Waals surface area contributed by atoms with Crippen LogP contribution in [-0.2, 0) is 22.7 Å². The molecule has 1 N–H and O–H groups in total. The van der Waals surface area contributed by atoms with Gasteiger partial charge in [0.05, 0.1) is 13.1 Å². The molecule has 0 aliphatic carbocycles. The number of nitrogens with one attached hydrogen (secondary N) is 1. The van der Waals surface area contributed by atoms with E-state index in [2.05, 4.69) is 20.7 Å². The molecule has 2 heterocycles. The summed E-state index contributed by atoms with van der Waals surface area (Å²) in [6.45, 7) is 4.62. The average Bonchev–Trinajstić information content (AvgIpc) is 3.37. The van der Waals surface area contributed by atoms with Crippen molar-refractivity contribution in [3.8, 4) is 11.4 Å². The van der Waals surface area contributed by atoms with Crippen molar-refractivity contribution in [2.45, 2.75) is 26.9 Å². The summed E-state index contributed by atoms with van der Waals surface area (Å²) in [5.41, 5.74) is 1.91. The lowest BCUT2D eigenvalue weighted by Crippen LogP contribution is -2.42. The van der Waals surface area contributed by atoms with E-state index in [1.54, 1.807) is 11.3 Å². The third kappa shape index (κ3) is 5.01. The van der Waals surface area contributed by atoms with Crippen LogP contribution in [0.4, 0.5) is 0 Å². The van der Waals surface area contributed by atoms with Crippen LogP contribution >= 0.6 is 11.3 Å². The first-order valence-corrected chi connectivity index (χ1v) is 9.85. The van der Waals surface area contributed by atoms with E-state index in [9.17, 15) is 9.59 Å². The first-order chi connectivity index (χ1) is 13.6. The van der Waals surface area contributed by atoms with Gasteiger partial charge >= 0.3 is 0 Å². The Bertz CT molecular complexity index is 938. The van der Waals surface area contributed by atoms with E-state index in [-0.39, 0.29) is 24.9 Å². The highest BCUT2D eigenvalue weighted by Gasteiger charge is 2.18. The minimum absolute atomic E-state index is 0.0000558. The van der Waals surface area contributed by atoms with Gasteiger partial charge in [0, 0.05) is 17.0 Å². The molecule has 3 rings (SSSR count). The highest BCUT2D eigenvalue weighted by Crippen LogP contribution is 2.17. The molecule has 8 nitrogen and oxygen atoms in total. The second kappa shape index (κ2) is 9.23. The standard InChI is InChI=1S/C19H22N6O2S/c1-3-24(12-17(26)20-11-15-8-6-10-28-15)18(27)13-25-22-19(21-23-25)16-9-5-4-7-14(16)2/h4-10H,3,11-13H2,1-2H3,(H,20,26).